The Bertz CT molecular complexity index is 624. The van der Waals surface area contributed by atoms with Crippen LogP contribution in [0.2, 0.25) is 0 Å². The second-order valence-electron chi connectivity index (χ2n) is 5.74. The van der Waals surface area contributed by atoms with Gasteiger partial charge in [-0.1, -0.05) is 0 Å². The number of hydrogen-bond donors (Lipinski definition) is 1. The molecule has 0 radical (unpaired) electrons. The normalized spacial score (nSPS) is 18.2. The number of nitrogen functional groups attached to an aromatic ring is 1. The van der Waals surface area contributed by atoms with E-state index in [-0.39, 0.29) is 23.2 Å². The Labute approximate surface area is 136 Å². The predicted octanol–water partition coefficient (Wildman–Crippen LogP) is 1.65. The first-order valence-electron chi connectivity index (χ1n) is 7.14. The number of nitro groups is 1. The number of pyridine rings is 1. The number of halogens is 3. The Hall–Kier alpha value is -2.30. The van der Waals surface area contributed by atoms with Crippen molar-refractivity contribution >= 4 is 17.2 Å². The molecular formula is C13H18F3N5O3. The first-order chi connectivity index (χ1) is 11.1. The SMILES string of the molecule is CN(C)[C@@H]1CCN(c2nc(OCC(F)(F)F)c(N)cc2[N+](=O)[O-])C1. The van der Waals surface area contributed by atoms with Gasteiger partial charge in [0, 0.05) is 25.2 Å². The number of ether oxygens (including phenoxy) is 1. The minimum absolute atomic E-state index is 0.0317. The molecule has 0 aromatic carbocycles. The minimum atomic E-state index is -4.56. The summed E-state index contributed by atoms with van der Waals surface area (Å²) in [6.45, 7) is -0.593. The molecule has 0 amide bonds. The zero-order valence-corrected chi connectivity index (χ0v) is 13.2. The number of hydrogen-bond acceptors (Lipinski definition) is 7. The largest absolute Gasteiger partial charge is 0.466 e. The zero-order chi connectivity index (χ0) is 18.1. The van der Waals surface area contributed by atoms with Crippen molar-refractivity contribution in [2.75, 3.05) is 44.4 Å². The van der Waals surface area contributed by atoms with Gasteiger partial charge in [-0.05, 0) is 20.5 Å². The quantitative estimate of drug-likeness (QED) is 0.637. The Morgan fingerprint density at radius 2 is 2.21 bits per heavy atom. The Morgan fingerprint density at radius 1 is 1.54 bits per heavy atom. The topological polar surface area (TPSA) is 97.8 Å². The number of aromatic nitrogens is 1. The van der Waals surface area contributed by atoms with Crippen molar-refractivity contribution in [1.82, 2.24) is 9.88 Å². The molecule has 1 aliphatic heterocycles. The van der Waals surface area contributed by atoms with Gasteiger partial charge in [0.25, 0.3) is 0 Å². The molecule has 1 fully saturated rings. The van der Waals surface area contributed by atoms with E-state index < -0.39 is 23.6 Å². The lowest BCUT2D eigenvalue weighted by molar-refractivity contribution is -0.384. The molecule has 1 aliphatic rings. The van der Waals surface area contributed by atoms with E-state index in [4.69, 9.17) is 5.73 Å². The minimum Gasteiger partial charge on any atom is -0.466 e. The molecule has 2 heterocycles. The van der Waals surface area contributed by atoms with Crippen LogP contribution < -0.4 is 15.4 Å². The van der Waals surface area contributed by atoms with Crippen molar-refractivity contribution in [2.45, 2.75) is 18.6 Å². The molecule has 1 aromatic heterocycles. The van der Waals surface area contributed by atoms with Gasteiger partial charge in [0.1, 0.15) is 5.69 Å². The van der Waals surface area contributed by atoms with Crippen LogP contribution in [0.5, 0.6) is 5.88 Å². The number of alkyl halides is 3. The molecule has 0 spiro atoms. The maximum atomic E-state index is 12.3. The maximum absolute atomic E-state index is 12.3. The van der Waals surface area contributed by atoms with Gasteiger partial charge in [-0.15, -0.1) is 0 Å². The number of anilines is 2. The van der Waals surface area contributed by atoms with Crippen molar-refractivity contribution in [2.24, 2.45) is 0 Å². The van der Waals surface area contributed by atoms with Gasteiger partial charge in [-0.25, -0.2) is 0 Å². The summed E-state index contributed by atoms with van der Waals surface area (Å²) in [5, 5.41) is 11.2. The first-order valence-corrected chi connectivity index (χ1v) is 7.14. The molecule has 2 N–H and O–H groups in total. The molecule has 1 aromatic rings. The van der Waals surface area contributed by atoms with Crippen molar-refractivity contribution < 1.29 is 22.8 Å². The van der Waals surface area contributed by atoms with Crippen molar-refractivity contribution in [3.8, 4) is 5.88 Å². The van der Waals surface area contributed by atoms with Crippen LogP contribution >= 0.6 is 0 Å². The fraction of sp³-hybridized carbons (Fsp3) is 0.615. The van der Waals surface area contributed by atoms with Crippen LogP contribution in [0.4, 0.5) is 30.4 Å². The van der Waals surface area contributed by atoms with Gasteiger partial charge in [0.15, 0.2) is 6.61 Å². The van der Waals surface area contributed by atoms with E-state index in [9.17, 15) is 23.3 Å². The second kappa shape index (κ2) is 6.67. The summed E-state index contributed by atoms with van der Waals surface area (Å²) >= 11 is 0. The van der Waals surface area contributed by atoms with E-state index in [1.165, 1.54) is 0 Å². The summed E-state index contributed by atoms with van der Waals surface area (Å²) in [5.74, 6) is -0.489. The average molecular weight is 349 g/mol. The van der Waals surface area contributed by atoms with Gasteiger partial charge in [0.05, 0.1) is 4.92 Å². The molecule has 0 unspecified atom stereocenters. The molecule has 1 saturated heterocycles. The van der Waals surface area contributed by atoms with E-state index in [0.717, 1.165) is 12.5 Å². The molecule has 134 valence electrons. The summed E-state index contributed by atoms with van der Waals surface area (Å²) in [7, 11) is 3.77. The standard InChI is InChI=1S/C13H18F3N5O3/c1-19(2)8-3-4-20(6-8)11-10(21(22)23)5-9(17)12(18-11)24-7-13(14,15)16/h5,8H,3-4,6-7,17H2,1-2H3/t8-/m1/s1. The first kappa shape index (κ1) is 18.0. The lowest BCUT2D eigenvalue weighted by Crippen LogP contribution is -2.32. The third-order valence-electron chi connectivity index (χ3n) is 3.74. The molecule has 0 saturated carbocycles. The van der Waals surface area contributed by atoms with Crippen LogP contribution in [0.3, 0.4) is 0 Å². The van der Waals surface area contributed by atoms with Crippen LogP contribution in [-0.2, 0) is 0 Å². The number of nitrogens with zero attached hydrogens (tertiary/aromatic N) is 4. The van der Waals surface area contributed by atoms with Gasteiger partial charge >= 0.3 is 11.9 Å². The van der Waals surface area contributed by atoms with E-state index >= 15 is 0 Å². The summed E-state index contributed by atoms with van der Waals surface area (Å²) in [4.78, 5) is 18.1. The van der Waals surface area contributed by atoms with Crippen LogP contribution in [-0.4, -0.2) is 60.8 Å². The molecule has 2 rings (SSSR count). The number of likely N-dealkylation sites (N-methyl/N-ethyl adjacent to an activating group) is 1. The Balaban J connectivity index is 2.32. The highest BCUT2D eigenvalue weighted by Gasteiger charge is 2.33. The van der Waals surface area contributed by atoms with E-state index in [2.05, 4.69) is 9.72 Å². The lowest BCUT2D eigenvalue weighted by Gasteiger charge is -2.21. The highest BCUT2D eigenvalue weighted by Crippen LogP contribution is 2.35. The Morgan fingerprint density at radius 3 is 2.71 bits per heavy atom. The molecule has 11 heteroatoms. The molecule has 1 atom stereocenters. The molecule has 24 heavy (non-hydrogen) atoms. The number of nitrogens with two attached hydrogens (primary N) is 1. The van der Waals surface area contributed by atoms with Crippen molar-refractivity contribution in [1.29, 1.82) is 0 Å². The maximum Gasteiger partial charge on any atom is 0.422 e. The van der Waals surface area contributed by atoms with Crippen molar-refractivity contribution in [3.63, 3.8) is 0 Å². The fourth-order valence-corrected chi connectivity index (χ4v) is 2.48. The van der Waals surface area contributed by atoms with E-state index in [0.29, 0.717) is 13.1 Å². The molecule has 0 aliphatic carbocycles. The predicted molar refractivity (Wildman–Crippen MR) is 81.2 cm³/mol. The smallest absolute Gasteiger partial charge is 0.422 e. The van der Waals surface area contributed by atoms with Crippen LogP contribution in [0.25, 0.3) is 0 Å². The summed E-state index contributed by atoms with van der Waals surface area (Å²) in [6.07, 6.45) is -3.80. The summed E-state index contributed by atoms with van der Waals surface area (Å²) in [5.41, 5.74) is 4.88. The molecular weight excluding hydrogens is 331 g/mol. The summed E-state index contributed by atoms with van der Waals surface area (Å²) < 4.78 is 41.5. The zero-order valence-electron chi connectivity index (χ0n) is 13.2. The number of rotatable bonds is 5. The van der Waals surface area contributed by atoms with Gasteiger partial charge in [-0.3, -0.25) is 10.1 Å². The fourth-order valence-electron chi connectivity index (χ4n) is 2.48. The van der Waals surface area contributed by atoms with E-state index in [1.807, 2.05) is 19.0 Å². The third-order valence-corrected chi connectivity index (χ3v) is 3.74. The van der Waals surface area contributed by atoms with Gasteiger partial charge in [0.2, 0.25) is 11.7 Å². The lowest BCUT2D eigenvalue weighted by atomic mass is 10.2. The summed E-state index contributed by atoms with van der Waals surface area (Å²) in [6, 6.07) is 1.15. The van der Waals surface area contributed by atoms with Crippen molar-refractivity contribution in [3.05, 3.63) is 16.2 Å². The van der Waals surface area contributed by atoms with Crippen LogP contribution in [0, 0.1) is 10.1 Å². The van der Waals surface area contributed by atoms with Crippen LogP contribution in [0.15, 0.2) is 6.07 Å². The highest BCUT2D eigenvalue weighted by atomic mass is 19.4. The highest BCUT2D eigenvalue weighted by molar-refractivity contribution is 5.67. The third kappa shape index (κ3) is 4.16. The second-order valence-corrected chi connectivity index (χ2v) is 5.74. The Kier molecular flexibility index (Phi) is 5.02. The van der Waals surface area contributed by atoms with Gasteiger partial charge < -0.3 is 20.3 Å². The molecule has 0 bridgehead atoms. The van der Waals surface area contributed by atoms with Crippen LogP contribution in [0.1, 0.15) is 6.42 Å². The average Bonchev–Trinajstić information content (AvgIpc) is 2.94. The molecule has 8 nitrogen and oxygen atoms in total. The van der Waals surface area contributed by atoms with Gasteiger partial charge in [-0.2, -0.15) is 18.2 Å². The van der Waals surface area contributed by atoms with E-state index in [1.54, 1.807) is 4.90 Å². The monoisotopic (exact) mass is 349 g/mol.